The number of allylic oxidation sites excluding steroid dienone is 1. The van der Waals surface area contributed by atoms with E-state index in [4.69, 9.17) is 11.2 Å². The molecule has 1 aliphatic carbocycles. The molecular formula is C15H22O3. The maximum atomic E-state index is 12.1. The summed E-state index contributed by atoms with van der Waals surface area (Å²) < 4.78 is 4.81. The summed E-state index contributed by atoms with van der Waals surface area (Å²) in [6.07, 6.45) is 12.3. The van der Waals surface area contributed by atoms with Crippen LogP contribution in [-0.4, -0.2) is 23.8 Å². The van der Waals surface area contributed by atoms with Crippen LogP contribution in [0.15, 0.2) is 12.2 Å². The van der Waals surface area contributed by atoms with Gasteiger partial charge in [-0.15, -0.1) is 12.3 Å². The maximum absolute atomic E-state index is 12.1. The zero-order valence-electron chi connectivity index (χ0n) is 11.4. The van der Waals surface area contributed by atoms with Gasteiger partial charge >= 0.3 is 5.97 Å². The zero-order valence-corrected chi connectivity index (χ0v) is 11.4. The number of rotatable bonds is 4. The van der Waals surface area contributed by atoms with Gasteiger partial charge < -0.3 is 9.84 Å². The molecule has 0 unspecified atom stereocenters. The molecule has 0 amide bonds. The quantitative estimate of drug-likeness (QED) is 0.473. The highest BCUT2D eigenvalue weighted by molar-refractivity contribution is 5.81. The number of hydrogen-bond acceptors (Lipinski definition) is 3. The number of terminal acetylenes is 1. The van der Waals surface area contributed by atoms with Crippen molar-refractivity contribution in [3.63, 3.8) is 0 Å². The van der Waals surface area contributed by atoms with Crippen molar-refractivity contribution in [2.24, 2.45) is 11.3 Å². The van der Waals surface area contributed by atoms with Crippen molar-refractivity contribution in [1.29, 1.82) is 0 Å². The van der Waals surface area contributed by atoms with Gasteiger partial charge in [0.25, 0.3) is 0 Å². The van der Waals surface area contributed by atoms with Crippen molar-refractivity contribution in [3.05, 3.63) is 12.2 Å². The first-order valence-corrected chi connectivity index (χ1v) is 6.34. The number of methoxy groups -OCH3 is 1. The van der Waals surface area contributed by atoms with E-state index in [1.807, 2.05) is 19.1 Å². The molecule has 1 N–H and O–H groups in total. The Kier molecular flexibility index (Phi) is 4.59. The van der Waals surface area contributed by atoms with Crippen LogP contribution in [0.5, 0.6) is 0 Å². The molecule has 0 aromatic carbocycles. The van der Waals surface area contributed by atoms with Crippen LogP contribution in [0, 0.1) is 23.7 Å². The van der Waals surface area contributed by atoms with E-state index in [1.165, 1.54) is 7.11 Å². The summed E-state index contributed by atoms with van der Waals surface area (Å²) in [5.74, 6) is 1.57. The minimum Gasteiger partial charge on any atom is -0.467 e. The molecule has 0 spiro atoms. The molecule has 0 fully saturated rings. The summed E-state index contributed by atoms with van der Waals surface area (Å²) in [5.41, 5.74) is -2.18. The lowest BCUT2D eigenvalue weighted by atomic mass is 9.62. The average Bonchev–Trinajstić information content (AvgIpc) is 2.37. The third kappa shape index (κ3) is 2.30. The van der Waals surface area contributed by atoms with Gasteiger partial charge in [-0.2, -0.15) is 0 Å². The van der Waals surface area contributed by atoms with Crippen molar-refractivity contribution in [2.45, 2.75) is 45.1 Å². The first-order valence-electron chi connectivity index (χ1n) is 6.34. The van der Waals surface area contributed by atoms with Crippen LogP contribution >= 0.6 is 0 Å². The molecular weight excluding hydrogens is 228 g/mol. The van der Waals surface area contributed by atoms with Gasteiger partial charge in [0.05, 0.1) is 7.11 Å². The van der Waals surface area contributed by atoms with Gasteiger partial charge in [0.2, 0.25) is 0 Å². The lowest BCUT2D eigenvalue weighted by Gasteiger charge is -2.45. The summed E-state index contributed by atoms with van der Waals surface area (Å²) in [5, 5.41) is 10.9. The van der Waals surface area contributed by atoms with Crippen LogP contribution in [-0.2, 0) is 9.53 Å². The Bertz CT molecular complexity index is 380. The molecule has 0 aromatic rings. The second-order valence-corrected chi connectivity index (χ2v) is 5.28. The Morgan fingerprint density at radius 2 is 2.39 bits per heavy atom. The fourth-order valence-corrected chi connectivity index (χ4v) is 2.81. The van der Waals surface area contributed by atoms with Crippen molar-refractivity contribution >= 4 is 5.97 Å². The average molecular weight is 250 g/mol. The van der Waals surface area contributed by atoms with Gasteiger partial charge in [-0.05, 0) is 19.3 Å². The van der Waals surface area contributed by atoms with Crippen LogP contribution in [0.1, 0.15) is 39.5 Å². The topological polar surface area (TPSA) is 46.5 Å². The van der Waals surface area contributed by atoms with E-state index in [1.54, 1.807) is 6.92 Å². The first-order chi connectivity index (χ1) is 8.42. The van der Waals surface area contributed by atoms with E-state index in [9.17, 15) is 9.90 Å². The molecule has 3 heteroatoms. The monoisotopic (exact) mass is 250 g/mol. The Morgan fingerprint density at radius 3 is 2.83 bits per heavy atom. The predicted octanol–water partition coefficient (Wildman–Crippen LogP) is 2.30. The van der Waals surface area contributed by atoms with Gasteiger partial charge in [-0.1, -0.05) is 26.0 Å². The van der Waals surface area contributed by atoms with Crippen LogP contribution < -0.4 is 0 Å². The fraction of sp³-hybridized carbons (Fsp3) is 0.667. The van der Waals surface area contributed by atoms with Gasteiger partial charge in [0.1, 0.15) is 0 Å². The zero-order chi connectivity index (χ0) is 13.8. The van der Waals surface area contributed by atoms with Crippen molar-refractivity contribution < 1.29 is 14.6 Å². The summed E-state index contributed by atoms with van der Waals surface area (Å²) >= 11 is 0. The molecule has 0 aliphatic heterocycles. The Balaban J connectivity index is 3.19. The smallest absolute Gasteiger partial charge is 0.339 e. The molecule has 0 aromatic heterocycles. The molecule has 0 heterocycles. The van der Waals surface area contributed by atoms with Crippen LogP contribution in [0.4, 0.5) is 0 Å². The van der Waals surface area contributed by atoms with Gasteiger partial charge in [0, 0.05) is 17.8 Å². The van der Waals surface area contributed by atoms with E-state index in [-0.39, 0.29) is 5.92 Å². The summed E-state index contributed by atoms with van der Waals surface area (Å²) in [7, 11) is 1.30. The van der Waals surface area contributed by atoms with E-state index in [0.29, 0.717) is 6.42 Å². The lowest BCUT2D eigenvalue weighted by molar-refractivity contribution is -0.184. The second kappa shape index (κ2) is 5.58. The molecule has 18 heavy (non-hydrogen) atoms. The molecule has 0 bridgehead atoms. The largest absolute Gasteiger partial charge is 0.467 e. The Labute approximate surface area is 109 Å². The molecule has 1 rings (SSSR count). The molecule has 100 valence electrons. The third-order valence-corrected chi connectivity index (χ3v) is 4.06. The standard InChI is InChI=1S/C15H22O3/c1-5-9-12(2)15(17,13(16)18-4)14(3)10-7-6-8-11-14/h1,7,10,12,17H,6,8-9,11H2,2-4H3/t12-,14-,15+/m1/s1. The summed E-state index contributed by atoms with van der Waals surface area (Å²) in [4.78, 5) is 12.1. The summed E-state index contributed by atoms with van der Waals surface area (Å²) in [6.45, 7) is 3.69. The number of carbonyl (C=O) groups excluding carboxylic acids is 1. The van der Waals surface area contributed by atoms with Crippen LogP contribution in [0.25, 0.3) is 0 Å². The Morgan fingerprint density at radius 1 is 1.72 bits per heavy atom. The van der Waals surface area contributed by atoms with E-state index < -0.39 is 17.0 Å². The van der Waals surface area contributed by atoms with Gasteiger partial charge in [-0.25, -0.2) is 4.79 Å². The number of carbonyl (C=O) groups is 1. The van der Waals surface area contributed by atoms with Crippen molar-refractivity contribution in [2.75, 3.05) is 7.11 Å². The SMILES string of the molecule is C#CC[C@@H](C)[C@](O)(C(=O)OC)[C@]1(C)C=CCCC1. The highest BCUT2D eigenvalue weighted by atomic mass is 16.5. The van der Waals surface area contributed by atoms with E-state index >= 15 is 0 Å². The normalized spacial score (nSPS) is 27.9. The molecule has 3 nitrogen and oxygen atoms in total. The summed E-state index contributed by atoms with van der Waals surface area (Å²) in [6, 6.07) is 0. The molecule has 0 saturated heterocycles. The molecule has 1 aliphatic rings. The second-order valence-electron chi connectivity index (χ2n) is 5.28. The van der Waals surface area contributed by atoms with E-state index in [2.05, 4.69) is 5.92 Å². The fourth-order valence-electron chi connectivity index (χ4n) is 2.81. The van der Waals surface area contributed by atoms with Gasteiger partial charge in [-0.3, -0.25) is 0 Å². The van der Waals surface area contributed by atoms with Gasteiger partial charge in [0.15, 0.2) is 5.60 Å². The predicted molar refractivity (Wildman–Crippen MR) is 70.7 cm³/mol. The van der Waals surface area contributed by atoms with Crippen LogP contribution in [0.2, 0.25) is 0 Å². The molecule has 0 saturated carbocycles. The van der Waals surface area contributed by atoms with Crippen LogP contribution in [0.3, 0.4) is 0 Å². The number of hydrogen-bond donors (Lipinski definition) is 1. The van der Waals surface area contributed by atoms with E-state index in [0.717, 1.165) is 19.3 Å². The lowest BCUT2D eigenvalue weighted by Crippen LogP contribution is -2.57. The Hall–Kier alpha value is -1.27. The maximum Gasteiger partial charge on any atom is 0.339 e. The number of aliphatic hydroxyl groups is 1. The minimum absolute atomic E-state index is 0.342. The molecule has 0 radical (unpaired) electrons. The number of esters is 1. The third-order valence-electron chi connectivity index (χ3n) is 4.06. The minimum atomic E-state index is -1.56. The first kappa shape index (κ1) is 14.8. The highest BCUT2D eigenvalue weighted by Crippen LogP contribution is 2.46. The van der Waals surface area contributed by atoms with Crippen molar-refractivity contribution in [1.82, 2.24) is 0 Å². The highest BCUT2D eigenvalue weighted by Gasteiger charge is 2.55. The molecule has 3 atom stereocenters. The number of ether oxygens (including phenoxy) is 1. The van der Waals surface area contributed by atoms with Crippen molar-refractivity contribution in [3.8, 4) is 12.3 Å².